The number of rotatable bonds is 9. The monoisotopic (exact) mass is 313 g/mol. The lowest BCUT2D eigenvalue weighted by Gasteiger charge is -2.17. The largest absolute Gasteiger partial charge is 0.313 e. The standard InChI is InChI=1S/C15H27N3O2S/c1-5-9-16-11-14-6-7-15(17-12-14)21(19,20)18(4)10-8-13(2)3/h6-7,12-13,16H,5,8-11H2,1-4H3. The van der Waals surface area contributed by atoms with Crippen molar-refractivity contribution < 1.29 is 8.42 Å². The third kappa shape index (κ3) is 5.73. The van der Waals surface area contributed by atoms with E-state index >= 15 is 0 Å². The smallest absolute Gasteiger partial charge is 0.260 e. The fourth-order valence-electron chi connectivity index (χ4n) is 1.80. The molecule has 0 fully saturated rings. The molecule has 0 aliphatic rings. The highest BCUT2D eigenvalue weighted by molar-refractivity contribution is 7.89. The van der Waals surface area contributed by atoms with E-state index in [-0.39, 0.29) is 5.03 Å². The van der Waals surface area contributed by atoms with Crippen LogP contribution in [0.4, 0.5) is 0 Å². The molecular formula is C15H27N3O2S. The Balaban J connectivity index is 2.70. The molecule has 0 amide bonds. The average molecular weight is 313 g/mol. The molecule has 0 bridgehead atoms. The van der Waals surface area contributed by atoms with Gasteiger partial charge in [-0.2, -0.15) is 4.31 Å². The Labute approximate surface area is 128 Å². The number of aromatic nitrogens is 1. The summed E-state index contributed by atoms with van der Waals surface area (Å²) < 4.78 is 26.1. The average Bonchev–Trinajstić information content (AvgIpc) is 2.45. The lowest BCUT2D eigenvalue weighted by Crippen LogP contribution is -2.29. The van der Waals surface area contributed by atoms with Crippen LogP contribution >= 0.6 is 0 Å². The van der Waals surface area contributed by atoms with E-state index in [1.807, 2.05) is 6.07 Å². The molecule has 0 aromatic carbocycles. The van der Waals surface area contributed by atoms with Crippen molar-refractivity contribution in [3.05, 3.63) is 23.9 Å². The summed E-state index contributed by atoms with van der Waals surface area (Å²) in [4.78, 5) is 4.11. The van der Waals surface area contributed by atoms with Crippen molar-refractivity contribution in [3.63, 3.8) is 0 Å². The third-order valence-electron chi connectivity index (χ3n) is 3.25. The zero-order chi connectivity index (χ0) is 15.9. The normalized spacial score (nSPS) is 12.3. The third-order valence-corrected chi connectivity index (χ3v) is 5.02. The molecule has 0 radical (unpaired) electrons. The van der Waals surface area contributed by atoms with E-state index in [0.717, 1.165) is 24.9 Å². The second-order valence-electron chi connectivity index (χ2n) is 5.69. The predicted molar refractivity (Wildman–Crippen MR) is 85.5 cm³/mol. The molecule has 0 atom stereocenters. The summed E-state index contributed by atoms with van der Waals surface area (Å²) in [6, 6.07) is 3.41. The van der Waals surface area contributed by atoms with Gasteiger partial charge in [0, 0.05) is 26.3 Å². The van der Waals surface area contributed by atoms with E-state index in [0.29, 0.717) is 19.0 Å². The molecule has 1 N–H and O–H groups in total. The molecule has 5 nitrogen and oxygen atoms in total. The fraction of sp³-hybridized carbons (Fsp3) is 0.667. The highest BCUT2D eigenvalue weighted by atomic mass is 32.2. The van der Waals surface area contributed by atoms with E-state index in [1.54, 1.807) is 19.3 Å². The predicted octanol–water partition coefficient (Wildman–Crippen LogP) is 2.25. The number of pyridine rings is 1. The zero-order valence-electron chi connectivity index (χ0n) is 13.5. The number of sulfonamides is 1. The van der Waals surface area contributed by atoms with Gasteiger partial charge in [0.05, 0.1) is 0 Å². The molecular weight excluding hydrogens is 286 g/mol. The Hall–Kier alpha value is -0.980. The van der Waals surface area contributed by atoms with Gasteiger partial charge in [0.25, 0.3) is 10.0 Å². The van der Waals surface area contributed by atoms with Crippen LogP contribution in [0.15, 0.2) is 23.4 Å². The molecule has 1 heterocycles. The van der Waals surface area contributed by atoms with Crippen LogP contribution in [0, 0.1) is 5.92 Å². The zero-order valence-corrected chi connectivity index (χ0v) is 14.3. The Kier molecular flexibility index (Phi) is 7.28. The van der Waals surface area contributed by atoms with Crippen molar-refractivity contribution in [1.29, 1.82) is 0 Å². The van der Waals surface area contributed by atoms with Crippen molar-refractivity contribution in [1.82, 2.24) is 14.6 Å². The minimum absolute atomic E-state index is 0.119. The molecule has 6 heteroatoms. The van der Waals surface area contributed by atoms with Crippen LogP contribution in [-0.4, -0.2) is 37.8 Å². The van der Waals surface area contributed by atoms with E-state index in [1.165, 1.54) is 4.31 Å². The van der Waals surface area contributed by atoms with E-state index in [9.17, 15) is 8.42 Å². The maximum atomic E-state index is 12.4. The van der Waals surface area contributed by atoms with Gasteiger partial charge in [0.2, 0.25) is 0 Å². The van der Waals surface area contributed by atoms with Crippen molar-refractivity contribution in [2.75, 3.05) is 20.1 Å². The van der Waals surface area contributed by atoms with Crippen LogP contribution in [0.2, 0.25) is 0 Å². The van der Waals surface area contributed by atoms with Crippen LogP contribution in [0.5, 0.6) is 0 Å². The minimum Gasteiger partial charge on any atom is -0.313 e. The number of nitrogens with one attached hydrogen (secondary N) is 1. The molecule has 1 aromatic heterocycles. The Bertz CT molecular complexity index is 512. The van der Waals surface area contributed by atoms with Gasteiger partial charge in [0.15, 0.2) is 5.03 Å². The summed E-state index contributed by atoms with van der Waals surface area (Å²) in [5.74, 6) is 0.475. The van der Waals surface area contributed by atoms with Crippen LogP contribution in [0.25, 0.3) is 0 Å². The molecule has 1 aromatic rings. The Morgan fingerprint density at radius 3 is 2.57 bits per heavy atom. The maximum absolute atomic E-state index is 12.4. The van der Waals surface area contributed by atoms with Gasteiger partial charge in [0.1, 0.15) is 0 Å². The topological polar surface area (TPSA) is 62.3 Å². The molecule has 0 saturated heterocycles. The van der Waals surface area contributed by atoms with E-state index < -0.39 is 10.0 Å². The van der Waals surface area contributed by atoms with Crippen LogP contribution in [0.3, 0.4) is 0 Å². The van der Waals surface area contributed by atoms with Crippen LogP contribution in [0.1, 0.15) is 39.2 Å². The van der Waals surface area contributed by atoms with Crippen LogP contribution < -0.4 is 5.32 Å². The van der Waals surface area contributed by atoms with Gasteiger partial charge in [-0.3, -0.25) is 0 Å². The molecule has 0 aliphatic carbocycles. The molecule has 21 heavy (non-hydrogen) atoms. The second-order valence-corrected chi connectivity index (χ2v) is 7.68. The molecule has 0 spiro atoms. The van der Waals surface area contributed by atoms with Crippen molar-refractivity contribution >= 4 is 10.0 Å². The van der Waals surface area contributed by atoms with Crippen LogP contribution in [-0.2, 0) is 16.6 Å². The SMILES string of the molecule is CCCNCc1ccc(S(=O)(=O)N(C)CCC(C)C)nc1. The summed E-state index contributed by atoms with van der Waals surface area (Å²) in [6.45, 7) is 8.44. The molecule has 1 rings (SSSR count). The second kappa shape index (κ2) is 8.46. The van der Waals surface area contributed by atoms with Gasteiger partial charge in [-0.05, 0) is 36.9 Å². The quantitative estimate of drug-likeness (QED) is 0.710. The first-order valence-electron chi connectivity index (χ1n) is 7.50. The first-order valence-corrected chi connectivity index (χ1v) is 8.94. The molecule has 0 unspecified atom stereocenters. The summed E-state index contributed by atoms with van der Waals surface area (Å²) in [5.41, 5.74) is 0.993. The lowest BCUT2D eigenvalue weighted by atomic mass is 10.1. The number of hydrogen-bond acceptors (Lipinski definition) is 4. The molecule has 120 valence electrons. The van der Waals surface area contributed by atoms with Crippen molar-refractivity contribution in [2.24, 2.45) is 5.92 Å². The molecule has 0 saturated carbocycles. The Morgan fingerprint density at radius 2 is 2.05 bits per heavy atom. The van der Waals surface area contributed by atoms with E-state index in [4.69, 9.17) is 0 Å². The lowest BCUT2D eigenvalue weighted by molar-refractivity contribution is 0.426. The van der Waals surface area contributed by atoms with Gasteiger partial charge in [-0.1, -0.05) is 26.8 Å². The highest BCUT2D eigenvalue weighted by Crippen LogP contribution is 2.13. The summed E-state index contributed by atoms with van der Waals surface area (Å²) in [5, 5.41) is 3.38. The first kappa shape index (κ1) is 18.1. The maximum Gasteiger partial charge on any atom is 0.260 e. The number of hydrogen-bond donors (Lipinski definition) is 1. The summed E-state index contributed by atoms with van der Waals surface area (Å²) in [7, 11) is -1.87. The van der Waals surface area contributed by atoms with Crippen molar-refractivity contribution in [2.45, 2.75) is 45.2 Å². The van der Waals surface area contributed by atoms with Crippen molar-refractivity contribution in [3.8, 4) is 0 Å². The Morgan fingerprint density at radius 1 is 1.33 bits per heavy atom. The fourth-order valence-corrected chi connectivity index (χ4v) is 2.89. The number of nitrogens with zero attached hydrogens (tertiary/aromatic N) is 2. The van der Waals surface area contributed by atoms with Gasteiger partial charge >= 0.3 is 0 Å². The first-order chi connectivity index (χ1) is 9.87. The van der Waals surface area contributed by atoms with Gasteiger partial charge in [-0.25, -0.2) is 13.4 Å². The van der Waals surface area contributed by atoms with Gasteiger partial charge in [-0.15, -0.1) is 0 Å². The summed E-state index contributed by atoms with van der Waals surface area (Å²) in [6.07, 6.45) is 3.54. The van der Waals surface area contributed by atoms with E-state index in [2.05, 4.69) is 31.1 Å². The highest BCUT2D eigenvalue weighted by Gasteiger charge is 2.21. The summed E-state index contributed by atoms with van der Waals surface area (Å²) >= 11 is 0. The minimum atomic E-state index is -3.47. The van der Waals surface area contributed by atoms with Gasteiger partial charge < -0.3 is 5.32 Å². The molecule has 0 aliphatic heterocycles.